The van der Waals surface area contributed by atoms with E-state index in [0.29, 0.717) is 16.2 Å². The molecule has 1 amide bonds. The van der Waals surface area contributed by atoms with Crippen molar-refractivity contribution < 1.29 is 9.72 Å². The lowest BCUT2D eigenvalue weighted by atomic mass is 10.1. The van der Waals surface area contributed by atoms with Crippen molar-refractivity contribution in [2.24, 2.45) is 0 Å². The Morgan fingerprint density at radius 3 is 2.72 bits per heavy atom. The van der Waals surface area contributed by atoms with Gasteiger partial charge in [-0.1, -0.05) is 6.07 Å². The SMILES string of the molecule is O=C(c1ccc(SCc2cccnc2)c([N+](=O)[O-])c1)N1CCCCC1. The van der Waals surface area contributed by atoms with Crippen LogP contribution in [0.5, 0.6) is 0 Å². The molecular weight excluding hydrogens is 338 g/mol. The first-order valence-electron chi connectivity index (χ1n) is 8.24. The summed E-state index contributed by atoms with van der Waals surface area (Å²) in [5, 5.41) is 11.4. The summed E-state index contributed by atoms with van der Waals surface area (Å²) in [6, 6.07) is 8.54. The Bertz CT molecular complexity index is 761. The van der Waals surface area contributed by atoms with E-state index in [1.165, 1.54) is 17.8 Å². The Morgan fingerprint density at radius 2 is 2.04 bits per heavy atom. The summed E-state index contributed by atoms with van der Waals surface area (Å²) in [4.78, 5) is 30.0. The van der Waals surface area contributed by atoms with Gasteiger partial charge in [-0.2, -0.15) is 0 Å². The van der Waals surface area contributed by atoms with Crippen LogP contribution in [-0.4, -0.2) is 33.8 Å². The number of pyridine rings is 1. The number of hydrogen-bond acceptors (Lipinski definition) is 5. The highest BCUT2D eigenvalue weighted by molar-refractivity contribution is 7.98. The molecule has 0 spiro atoms. The van der Waals surface area contributed by atoms with Crippen molar-refractivity contribution >= 4 is 23.4 Å². The number of thioether (sulfide) groups is 1. The Hall–Kier alpha value is -2.41. The van der Waals surface area contributed by atoms with E-state index in [4.69, 9.17) is 0 Å². The molecule has 7 heteroatoms. The van der Waals surface area contributed by atoms with Gasteiger partial charge in [0.1, 0.15) is 0 Å². The van der Waals surface area contributed by atoms with Gasteiger partial charge in [0.15, 0.2) is 0 Å². The molecule has 1 aliphatic heterocycles. The molecule has 6 nitrogen and oxygen atoms in total. The molecule has 1 fully saturated rings. The number of amides is 1. The number of carbonyl (C=O) groups is 1. The van der Waals surface area contributed by atoms with E-state index < -0.39 is 4.92 Å². The van der Waals surface area contributed by atoms with Crippen molar-refractivity contribution in [2.75, 3.05) is 13.1 Å². The molecular formula is C18H19N3O3S. The maximum absolute atomic E-state index is 12.6. The minimum Gasteiger partial charge on any atom is -0.339 e. The molecule has 0 radical (unpaired) electrons. The number of aromatic nitrogens is 1. The molecule has 1 aromatic heterocycles. The van der Waals surface area contributed by atoms with Gasteiger partial charge in [0.05, 0.1) is 9.82 Å². The van der Waals surface area contributed by atoms with Crippen LogP contribution in [0.15, 0.2) is 47.6 Å². The molecule has 2 heterocycles. The van der Waals surface area contributed by atoms with Gasteiger partial charge in [0.2, 0.25) is 0 Å². The zero-order valence-corrected chi connectivity index (χ0v) is 14.6. The quantitative estimate of drug-likeness (QED) is 0.461. The van der Waals surface area contributed by atoms with Crippen LogP contribution in [0, 0.1) is 10.1 Å². The Morgan fingerprint density at radius 1 is 1.24 bits per heavy atom. The largest absolute Gasteiger partial charge is 0.339 e. The van der Waals surface area contributed by atoms with Crippen molar-refractivity contribution in [2.45, 2.75) is 29.9 Å². The third-order valence-corrected chi connectivity index (χ3v) is 5.30. The lowest BCUT2D eigenvalue weighted by Crippen LogP contribution is -2.35. The molecule has 130 valence electrons. The molecule has 2 aromatic rings. The van der Waals surface area contributed by atoms with E-state index in [2.05, 4.69) is 4.98 Å². The summed E-state index contributed by atoms with van der Waals surface area (Å²) in [5.41, 5.74) is 1.37. The molecule has 0 aliphatic carbocycles. The van der Waals surface area contributed by atoms with Crippen molar-refractivity contribution in [3.05, 3.63) is 64.0 Å². The minimum atomic E-state index is -0.418. The highest BCUT2D eigenvalue weighted by Crippen LogP contribution is 2.32. The summed E-state index contributed by atoms with van der Waals surface area (Å²) in [6.07, 6.45) is 6.55. The second-order valence-electron chi connectivity index (χ2n) is 5.94. The van der Waals surface area contributed by atoms with Crippen LogP contribution in [0.1, 0.15) is 35.2 Å². The number of likely N-dealkylation sites (tertiary alicyclic amines) is 1. The van der Waals surface area contributed by atoms with Crippen LogP contribution in [0.25, 0.3) is 0 Å². The number of hydrogen-bond donors (Lipinski definition) is 0. The summed E-state index contributed by atoms with van der Waals surface area (Å²) in [5.74, 6) is 0.472. The van der Waals surface area contributed by atoms with E-state index in [9.17, 15) is 14.9 Å². The number of nitro groups is 1. The second kappa shape index (κ2) is 8.11. The Labute approximate surface area is 150 Å². The first-order chi connectivity index (χ1) is 12.1. The molecule has 0 N–H and O–H groups in total. The second-order valence-corrected chi connectivity index (χ2v) is 6.96. The van der Waals surface area contributed by atoms with Crippen LogP contribution in [0.3, 0.4) is 0 Å². The van der Waals surface area contributed by atoms with Crippen molar-refractivity contribution in [3.63, 3.8) is 0 Å². The standard InChI is InChI=1S/C18H19N3O3S/c22-18(20-9-2-1-3-10-20)15-6-7-17(16(11-15)21(23)24)25-13-14-5-4-8-19-12-14/h4-8,11-12H,1-3,9-10,13H2. The normalized spacial score (nSPS) is 14.3. The highest BCUT2D eigenvalue weighted by atomic mass is 32.2. The van der Waals surface area contributed by atoms with Crippen LogP contribution >= 0.6 is 11.8 Å². The van der Waals surface area contributed by atoms with Gasteiger partial charge in [-0.3, -0.25) is 19.9 Å². The predicted molar refractivity (Wildman–Crippen MR) is 96.6 cm³/mol. The molecule has 3 rings (SSSR count). The molecule has 0 bridgehead atoms. The summed E-state index contributed by atoms with van der Waals surface area (Å²) < 4.78 is 0. The van der Waals surface area contributed by atoms with Gasteiger partial charge in [-0.15, -0.1) is 11.8 Å². The Balaban J connectivity index is 1.78. The highest BCUT2D eigenvalue weighted by Gasteiger charge is 2.22. The zero-order chi connectivity index (χ0) is 17.6. The van der Waals surface area contributed by atoms with Crippen LogP contribution < -0.4 is 0 Å². The van der Waals surface area contributed by atoms with E-state index in [1.54, 1.807) is 29.4 Å². The maximum Gasteiger partial charge on any atom is 0.283 e. The van der Waals surface area contributed by atoms with Gasteiger partial charge in [0.25, 0.3) is 11.6 Å². The monoisotopic (exact) mass is 357 g/mol. The van der Waals surface area contributed by atoms with Gasteiger partial charge < -0.3 is 4.90 Å². The van der Waals surface area contributed by atoms with Gasteiger partial charge in [0, 0.05) is 42.9 Å². The minimum absolute atomic E-state index is 0.0169. The molecule has 1 aromatic carbocycles. The Kier molecular flexibility index (Phi) is 5.65. The molecule has 25 heavy (non-hydrogen) atoms. The number of piperidine rings is 1. The lowest BCUT2D eigenvalue weighted by Gasteiger charge is -2.26. The van der Waals surface area contributed by atoms with Crippen LogP contribution in [-0.2, 0) is 5.75 Å². The fourth-order valence-corrected chi connectivity index (χ4v) is 3.78. The first-order valence-corrected chi connectivity index (χ1v) is 9.23. The first kappa shape index (κ1) is 17.4. The predicted octanol–water partition coefficient (Wildman–Crippen LogP) is 3.91. The molecule has 0 atom stereocenters. The average Bonchev–Trinajstić information content (AvgIpc) is 2.67. The van der Waals surface area contributed by atoms with E-state index in [-0.39, 0.29) is 11.6 Å². The maximum atomic E-state index is 12.6. The van der Waals surface area contributed by atoms with Crippen molar-refractivity contribution in [1.82, 2.24) is 9.88 Å². The third-order valence-electron chi connectivity index (χ3n) is 4.16. The number of rotatable bonds is 5. The van der Waals surface area contributed by atoms with Gasteiger partial charge >= 0.3 is 0 Å². The van der Waals surface area contributed by atoms with Gasteiger partial charge in [-0.25, -0.2) is 0 Å². The number of nitro benzene ring substituents is 1. The summed E-state index contributed by atoms with van der Waals surface area (Å²) in [6.45, 7) is 1.45. The number of nitrogens with zero attached hydrogens (tertiary/aromatic N) is 3. The lowest BCUT2D eigenvalue weighted by molar-refractivity contribution is -0.387. The third kappa shape index (κ3) is 4.36. The zero-order valence-electron chi connectivity index (χ0n) is 13.8. The summed E-state index contributed by atoms with van der Waals surface area (Å²) in [7, 11) is 0. The molecule has 1 saturated heterocycles. The number of carbonyl (C=O) groups excluding carboxylic acids is 1. The summed E-state index contributed by atoms with van der Waals surface area (Å²) >= 11 is 1.38. The molecule has 0 saturated carbocycles. The van der Waals surface area contributed by atoms with Crippen molar-refractivity contribution in [1.29, 1.82) is 0 Å². The average molecular weight is 357 g/mol. The van der Waals surface area contributed by atoms with Crippen LogP contribution in [0.2, 0.25) is 0 Å². The fourth-order valence-electron chi connectivity index (χ4n) is 2.84. The molecule has 1 aliphatic rings. The fraction of sp³-hybridized carbons (Fsp3) is 0.333. The van der Waals surface area contributed by atoms with Gasteiger partial charge in [-0.05, 0) is 43.0 Å². The van der Waals surface area contributed by atoms with E-state index >= 15 is 0 Å². The van der Waals surface area contributed by atoms with E-state index in [1.807, 2.05) is 12.1 Å². The topological polar surface area (TPSA) is 76.3 Å². The van der Waals surface area contributed by atoms with Crippen molar-refractivity contribution in [3.8, 4) is 0 Å². The van der Waals surface area contributed by atoms with Crippen LogP contribution in [0.4, 0.5) is 5.69 Å². The molecule has 0 unspecified atom stereocenters. The smallest absolute Gasteiger partial charge is 0.283 e. The number of benzene rings is 1. The van der Waals surface area contributed by atoms with E-state index in [0.717, 1.165) is 37.9 Å².